The maximum absolute atomic E-state index is 14.2. The van der Waals surface area contributed by atoms with Crippen LogP contribution in [-0.4, -0.2) is 58.1 Å². The summed E-state index contributed by atoms with van der Waals surface area (Å²) in [5.74, 6) is -1.56. The highest BCUT2D eigenvalue weighted by Crippen LogP contribution is 2.35. The minimum Gasteiger partial charge on any atom is -0.508 e. The molecule has 11 heteroatoms. The third-order valence-electron chi connectivity index (χ3n) is 5.72. The van der Waals surface area contributed by atoms with Crippen molar-refractivity contribution in [1.82, 2.24) is 10.2 Å². The lowest BCUT2D eigenvalue weighted by Crippen LogP contribution is -2.58. The second kappa shape index (κ2) is 13.2. The molecule has 2 unspecified atom stereocenters. The van der Waals surface area contributed by atoms with Crippen LogP contribution < -0.4 is 21.1 Å². The molecule has 0 aromatic heterocycles. The molecule has 11 nitrogen and oxygen atoms in total. The highest BCUT2D eigenvalue weighted by atomic mass is 16.6. The quantitative estimate of drug-likeness (QED) is 0.345. The van der Waals surface area contributed by atoms with E-state index in [0.717, 1.165) is 0 Å². The molecule has 0 saturated carbocycles. The number of aromatic hydroxyl groups is 1. The molecule has 0 spiro atoms. The number of para-hydroxylation sites is 1. The first kappa shape index (κ1) is 31.9. The number of carbonyl (C=O) groups excluding carboxylic acids is 4. The van der Waals surface area contributed by atoms with Crippen molar-refractivity contribution >= 4 is 29.5 Å². The zero-order chi connectivity index (χ0) is 30.3. The number of amides is 4. The van der Waals surface area contributed by atoms with E-state index in [9.17, 15) is 24.3 Å². The second-order valence-corrected chi connectivity index (χ2v) is 11.3. The summed E-state index contributed by atoms with van der Waals surface area (Å²) >= 11 is 0. The number of benzene rings is 2. The van der Waals surface area contributed by atoms with E-state index in [1.807, 2.05) is 0 Å². The fraction of sp³-hybridized carbons (Fsp3) is 0.448. The molecule has 0 bridgehead atoms. The summed E-state index contributed by atoms with van der Waals surface area (Å²) in [4.78, 5) is 53.6. The molecule has 40 heavy (non-hydrogen) atoms. The van der Waals surface area contributed by atoms with E-state index in [1.165, 1.54) is 18.1 Å². The van der Waals surface area contributed by atoms with E-state index >= 15 is 0 Å². The Kier molecular flexibility index (Phi) is 10.5. The molecule has 0 fully saturated rings. The number of nitrogens with two attached hydrogens (primary N) is 1. The van der Waals surface area contributed by atoms with Crippen LogP contribution in [0.5, 0.6) is 11.5 Å². The van der Waals surface area contributed by atoms with Crippen molar-refractivity contribution in [2.75, 3.05) is 12.4 Å². The predicted octanol–water partition coefficient (Wildman–Crippen LogP) is 3.87. The molecule has 0 heterocycles. The monoisotopic (exact) mass is 556 g/mol. The lowest BCUT2D eigenvalue weighted by Gasteiger charge is -2.43. The Morgan fingerprint density at radius 1 is 0.975 bits per heavy atom. The SMILES string of the molecule is COc1ccc(NC(=O)C(c2ccccc2O)N(C(=O)C(CCC(N)=O)NC(=O)OC(C)(C)C)C(C)(C)C)cc1. The van der Waals surface area contributed by atoms with Gasteiger partial charge in [-0.1, -0.05) is 18.2 Å². The van der Waals surface area contributed by atoms with E-state index in [-0.39, 0.29) is 24.2 Å². The summed E-state index contributed by atoms with van der Waals surface area (Å²) in [6.07, 6.45) is -1.21. The Hall–Kier alpha value is -4.28. The summed E-state index contributed by atoms with van der Waals surface area (Å²) in [5.41, 5.74) is 4.11. The van der Waals surface area contributed by atoms with E-state index in [4.69, 9.17) is 15.2 Å². The van der Waals surface area contributed by atoms with Crippen molar-refractivity contribution in [2.45, 2.75) is 77.6 Å². The number of nitrogens with zero attached hydrogens (tertiary/aromatic N) is 1. The van der Waals surface area contributed by atoms with Crippen LogP contribution in [0.1, 0.15) is 66.0 Å². The molecule has 2 atom stereocenters. The van der Waals surface area contributed by atoms with Crippen molar-refractivity contribution in [1.29, 1.82) is 0 Å². The fourth-order valence-corrected chi connectivity index (χ4v) is 4.01. The minimum absolute atomic E-state index is 0.131. The van der Waals surface area contributed by atoms with Crippen molar-refractivity contribution < 1.29 is 33.8 Å². The van der Waals surface area contributed by atoms with Gasteiger partial charge in [0.1, 0.15) is 29.2 Å². The number of phenolic OH excluding ortho intramolecular Hbond substituents is 1. The van der Waals surface area contributed by atoms with E-state index < -0.39 is 47.0 Å². The number of carbonyl (C=O) groups is 4. The lowest BCUT2D eigenvalue weighted by atomic mass is 9.94. The average Bonchev–Trinajstić information content (AvgIpc) is 2.83. The minimum atomic E-state index is -1.33. The van der Waals surface area contributed by atoms with Gasteiger partial charge in [-0.25, -0.2) is 4.79 Å². The van der Waals surface area contributed by atoms with Crippen LogP contribution in [0.4, 0.5) is 10.5 Å². The van der Waals surface area contributed by atoms with Crippen molar-refractivity contribution in [3.63, 3.8) is 0 Å². The second-order valence-electron chi connectivity index (χ2n) is 11.3. The third-order valence-corrected chi connectivity index (χ3v) is 5.72. The number of nitrogens with one attached hydrogen (secondary N) is 2. The first-order chi connectivity index (χ1) is 18.5. The highest BCUT2D eigenvalue weighted by molar-refractivity contribution is 5.99. The number of methoxy groups -OCH3 is 1. The Bertz CT molecular complexity index is 1200. The average molecular weight is 557 g/mol. The highest BCUT2D eigenvalue weighted by Gasteiger charge is 2.42. The Labute approximate surface area is 235 Å². The summed E-state index contributed by atoms with van der Waals surface area (Å²) in [6.45, 7) is 10.2. The molecular weight excluding hydrogens is 516 g/mol. The van der Waals surface area contributed by atoms with Gasteiger partial charge in [0, 0.05) is 23.2 Å². The van der Waals surface area contributed by atoms with E-state index in [0.29, 0.717) is 11.4 Å². The first-order valence-electron chi connectivity index (χ1n) is 12.9. The van der Waals surface area contributed by atoms with Gasteiger partial charge in [0.25, 0.3) is 5.91 Å². The molecule has 2 aromatic rings. The lowest BCUT2D eigenvalue weighted by molar-refractivity contribution is -0.147. The molecule has 0 aliphatic rings. The number of hydrogen-bond donors (Lipinski definition) is 4. The van der Waals surface area contributed by atoms with Gasteiger partial charge in [0.15, 0.2) is 0 Å². The van der Waals surface area contributed by atoms with Crippen LogP contribution in [0.2, 0.25) is 0 Å². The Morgan fingerprint density at radius 3 is 2.08 bits per heavy atom. The maximum Gasteiger partial charge on any atom is 0.408 e. The number of alkyl carbamates (subject to hydrolysis) is 1. The number of phenols is 1. The Morgan fingerprint density at radius 2 is 1.57 bits per heavy atom. The van der Waals surface area contributed by atoms with Crippen LogP contribution in [0, 0.1) is 0 Å². The fourth-order valence-electron chi connectivity index (χ4n) is 4.01. The summed E-state index contributed by atoms with van der Waals surface area (Å²) < 4.78 is 10.5. The molecule has 0 aliphatic heterocycles. The molecule has 0 radical (unpaired) electrons. The molecule has 2 aromatic carbocycles. The van der Waals surface area contributed by atoms with Crippen molar-refractivity contribution in [3.8, 4) is 11.5 Å². The number of rotatable bonds is 10. The molecule has 218 valence electrons. The van der Waals surface area contributed by atoms with Gasteiger partial charge in [-0.15, -0.1) is 0 Å². The maximum atomic E-state index is 14.2. The Balaban J connectivity index is 2.59. The zero-order valence-electron chi connectivity index (χ0n) is 24.1. The molecular formula is C29H40N4O7. The van der Waals surface area contributed by atoms with Crippen molar-refractivity contribution in [2.24, 2.45) is 5.73 Å². The smallest absolute Gasteiger partial charge is 0.408 e. The van der Waals surface area contributed by atoms with Gasteiger partial charge in [0.2, 0.25) is 11.8 Å². The molecule has 0 aliphatic carbocycles. The normalized spacial score (nSPS) is 13.0. The van der Waals surface area contributed by atoms with Crippen LogP contribution in [0.3, 0.4) is 0 Å². The van der Waals surface area contributed by atoms with E-state index in [1.54, 1.807) is 84.0 Å². The van der Waals surface area contributed by atoms with Crippen LogP contribution in [0.15, 0.2) is 48.5 Å². The largest absolute Gasteiger partial charge is 0.508 e. The number of primary amides is 1. The van der Waals surface area contributed by atoms with Gasteiger partial charge >= 0.3 is 6.09 Å². The molecule has 5 N–H and O–H groups in total. The summed E-state index contributed by atoms with van der Waals surface area (Å²) in [7, 11) is 1.52. The molecule has 0 saturated heterocycles. The molecule has 4 amide bonds. The number of hydrogen-bond acceptors (Lipinski definition) is 7. The van der Waals surface area contributed by atoms with Gasteiger partial charge in [-0.2, -0.15) is 0 Å². The van der Waals surface area contributed by atoms with Gasteiger partial charge in [-0.3, -0.25) is 14.4 Å². The number of anilines is 1. The summed E-state index contributed by atoms with van der Waals surface area (Å²) in [5, 5.41) is 16.1. The van der Waals surface area contributed by atoms with Crippen LogP contribution >= 0.6 is 0 Å². The first-order valence-corrected chi connectivity index (χ1v) is 12.9. The zero-order valence-corrected chi connectivity index (χ0v) is 24.1. The summed E-state index contributed by atoms with van der Waals surface area (Å²) in [6, 6.07) is 10.2. The molecule has 2 rings (SSSR count). The number of ether oxygens (including phenoxy) is 2. The van der Waals surface area contributed by atoms with Crippen molar-refractivity contribution in [3.05, 3.63) is 54.1 Å². The van der Waals surface area contributed by atoms with Gasteiger partial charge in [0.05, 0.1) is 7.11 Å². The van der Waals surface area contributed by atoms with E-state index in [2.05, 4.69) is 10.6 Å². The van der Waals surface area contributed by atoms with Gasteiger partial charge < -0.3 is 35.8 Å². The predicted molar refractivity (Wildman–Crippen MR) is 151 cm³/mol. The van der Waals surface area contributed by atoms with Crippen LogP contribution in [-0.2, 0) is 19.1 Å². The topological polar surface area (TPSA) is 160 Å². The van der Waals surface area contributed by atoms with Gasteiger partial charge in [-0.05, 0) is 78.3 Å². The standard InChI is InChI=1S/C29H40N4O7/c1-28(2,3)33(26(37)21(16-17-23(30)35)32-27(38)40-29(4,5)6)24(20-10-8-9-11-22(20)34)25(36)31-18-12-14-19(39-7)15-13-18/h8-15,21,24,34H,16-17H2,1-7H3,(H2,30,35)(H,31,36)(H,32,38). The van der Waals surface area contributed by atoms with Crippen LogP contribution in [0.25, 0.3) is 0 Å². The third kappa shape index (κ3) is 9.18.